The van der Waals surface area contributed by atoms with E-state index >= 15 is 0 Å². The van der Waals surface area contributed by atoms with Crippen LogP contribution in [0.3, 0.4) is 0 Å². The molecular formula is C59H112N2O5. The molecule has 3 atom stereocenters. The van der Waals surface area contributed by atoms with Gasteiger partial charge in [0, 0.05) is 12.8 Å². The Morgan fingerprint density at radius 2 is 0.773 bits per heavy atom. The van der Waals surface area contributed by atoms with Crippen LogP contribution in [0.4, 0.5) is 0 Å². The molecule has 0 saturated carbocycles. The minimum atomic E-state index is -0.876. The summed E-state index contributed by atoms with van der Waals surface area (Å²) in [7, 11) is 3.99. The molecule has 0 bridgehead atoms. The van der Waals surface area contributed by atoms with Gasteiger partial charge in [0.05, 0.1) is 0 Å². The molecular weight excluding hydrogens is 817 g/mol. The largest absolute Gasteiger partial charge is 0.462 e. The number of hydrogen-bond acceptors (Lipinski definition) is 6. The van der Waals surface area contributed by atoms with Crippen molar-refractivity contribution >= 4 is 17.8 Å². The van der Waals surface area contributed by atoms with E-state index < -0.39 is 12.0 Å². The summed E-state index contributed by atoms with van der Waals surface area (Å²) in [5.41, 5.74) is 0. The molecule has 0 spiro atoms. The Balaban J connectivity index is 5.51. The van der Waals surface area contributed by atoms with Gasteiger partial charge >= 0.3 is 11.9 Å². The molecule has 0 saturated heterocycles. The first-order chi connectivity index (χ1) is 32.3. The minimum Gasteiger partial charge on any atom is -0.462 e. The molecule has 1 amide bonds. The second kappa shape index (κ2) is 50.7. The van der Waals surface area contributed by atoms with Crippen molar-refractivity contribution < 1.29 is 23.9 Å². The number of nitrogens with one attached hydrogen (secondary N) is 1. The molecule has 0 aliphatic carbocycles. The zero-order valence-corrected chi connectivity index (χ0v) is 44.9. The average Bonchev–Trinajstić information content (AvgIpc) is 3.29. The molecule has 0 fully saturated rings. The summed E-state index contributed by atoms with van der Waals surface area (Å²) < 4.78 is 12.5. The number of nitrogens with zero attached hydrogens (tertiary/aromatic N) is 1. The zero-order valence-electron chi connectivity index (χ0n) is 44.9. The molecule has 0 radical (unpaired) electrons. The summed E-state index contributed by atoms with van der Waals surface area (Å²) in [5, 5.41) is 2.99. The van der Waals surface area contributed by atoms with Crippen LogP contribution in [0.1, 0.15) is 297 Å². The third kappa shape index (κ3) is 45.6. The van der Waals surface area contributed by atoms with Crippen molar-refractivity contribution in [2.24, 2.45) is 0 Å². The van der Waals surface area contributed by atoms with Gasteiger partial charge in [-0.1, -0.05) is 219 Å². The summed E-state index contributed by atoms with van der Waals surface area (Å²) >= 11 is 0. The molecule has 0 rings (SSSR count). The molecule has 0 aromatic rings. The summed E-state index contributed by atoms with van der Waals surface area (Å²) in [6, 6.07) is -0.876. The normalized spacial score (nSPS) is 13.2. The van der Waals surface area contributed by atoms with Crippen molar-refractivity contribution in [3.8, 4) is 0 Å². The van der Waals surface area contributed by atoms with Gasteiger partial charge in [-0.25, -0.2) is 4.79 Å². The third-order valence-corrected chi connectivity index (χ3v) is 13.2. The molecule has 7 nitrogen and oxygen atoms in total. The van der Waals surface area contributed by atoms with Crippen LogP contribution in [0.5, 0.6) is 0 Å². The topological polar surface area (TPSA) is 84.9 Å². The maximum Gasteiger partial charge on any atom is 0.328 e. The lowest BCUT2D eigenvalue weighted by molar-refractivity contribution is -0.155. The SMILES string of the molecule is CCCCC/C=C\CCC(CCCCCCCCCCCCCC)OC(=O)CCC(NC(=O)CCCN(C)C)C(=O)OC(CC/C=C\CCCCC)CCCCCCCCCCCCCC. The highest BCUT2D eigenvalue weighted by molar-refractivity contribution is 5.85. The minimum absolute atomic E-state index is 0.0729. The van der Waals surface area contributed by atoms with E-state index in [1.165, 1.54) is 173 Å². The van der Waals surface area contributed by atoms with Crippen LogP contribution in [0.15, 0.2) is 24.3 Å². The Kier molecular flexibility index (Phi) is 49.1. The van der Waals surface area contributed by atoms with Crippen molar-refractivity contribution in [2.75, 3.05) is 20.6 Å². The lowest BCUT2D eigenvalue weighted by Gasteiger charge is -2.23. The average molecular weight is 930 g/mol. The summed E-state index contributed by atoms with van der Waals surface area (Å²) in [6.07, 6.45) is 55.7. The first-order valence-corrected chi connectivity index (χ1v) is 28.9. The first-order valence-electron chi connectivity index (χ1n) is 28.9. The highest BCUT2D eigenvalue weighted by Crippen LogP contribution is 2.20. The van der Waals surface area contributed by atoms with E-state index in [0.29, 0.717) is 12.8 Å². The third-order valence-electron chi connectivity index (χ3n) is 13.2. The van der Waals surface area contributed by atoms with E-state index in [1.807, 2.05) is 14.1 Å². The van der Waals surface area contributed by atoms with Gasteiger partial charge in [-0.3, -0.25) is 9.59 Å². The molecule has 388 valence electrons. The second-order valence-electron chi connectivity index (χ2n) is 20.2. The standard InChI is InChI=1S/C59H112N2O5/c1-7-11-15-19-23-25-27-29-31-35-39-42-47-54(46-41-37-33-21-17-13-9-3)65-58(63)52-51-56(60-57(62)50-45-53-61(5)6)59(64)66-55(48-43-38-34-22-18-14-10-4)49-44-40-36-32-30-28-26-24-20-16-12-8-2/h33-34,37-38,54-56H,7-32,35-36,39-53H2,1-6H3,(H,60,62)/b37-33-,38-34-. The fourth-order valence-electron chi connectivity index (χ4n) is 8.84. The number of ether oxygens (including phenoxy) is 2. The monoisotopic (exact) mass is 929 g/mol. The van der Waals surface area contributed by atoms with Crippen molar-refractivity contribution in [1.29, 1.82) is 0 Å². The first kappa shape index (κ1) is 63.8. The van der Waals surface area contributed by atoms with E-state index in [1.54, 1.807) is 0 Å². The number of unbranched alkanes of at least 4 members (excludes halogenated alkanes) is 28. The fraction of sp³-hybridized carbons (Fsp3) is 0.881. The van der Waals surface area contributed by atoms with E-state index in [9.17, 15) is 14.4 Å². The smallest absolute Gasteiger partial charge is 0.328 e. The van der Waals surface area contributed by atoms with E-state index in [4.69, 9.17) is 9.47 Å². The zero-order chi connectivity index (χ0) is 48.4. The Labute approximate surface area is 411 Å². The van der Waals surface area contributed by atoms with E-state index in [2.05, 4.69) is 62.2 Å². The molecule has 1 N–H and O–H groups in total. The summed E-state index contributed by atoms with van der Waals surface area (Å²) in [6.45, 7) is 9.80. The van der Waals surface area contributed by atoms with Crippen LogP contribution in [0.2, 0.25) is 0 Å². The highest BCUT2D eigenvalue weighted by atomic mass is 16.5. The van der Waals surface area contributed by atoms with Gasteiger partial charge in [-0.15, -0.1) is 0 Å². The van der Waals surface area contributed by atoms with Crippen LogP contribution in [-0.2, 0) is 23.9 Å². The molecule has 0 aromatic heterocycles. The Morgan fingerprint density at radius 3 is 1.18 bits per heavy atom. The van der Waals surface area contributed by atoms with Crippen molar-refractivity contribution in [1.82, 2.24) is 10.2 Å². The Hall–Kier alpha value is -2.15. The lowest BCUT2D eigenvalue weighted by atomic mass is 10.0. The fourth-order valence-corrected chi connectivity index (χ4v) is 8.84. The lowest BCUT2D eigenvalue weighted by Crippen LogP contribution is -2.43. The van der Waals surface area contributed by atoms with Gasteiger partial charge in [-0.05, 0) is 111 Å². The maximum atomic E-state index is 14.0. The predicted molar refractivity (Wildman–Crippen MR) is 285 cm³/mol. The highest BCUT2D eigenvalue weighted by Gasteiger charge is 2.27. The number of carbonyl (C=O) groups is 3. The molecule has 0 aliphatic heterocycles. The van der Waals surface area contributed by atoms with Gasteiger partial charge in [-0.2, -0.15) is 0 Å². The number of hydrogen-bond donors (Lipinski definition) is 1. The second-order valence-corrected chi connectivity index (χ2v) is 20.2. The van der Waals surface area contributed by atoms with Gasteiger partial charge in [0.15, 0.2) is 0 Å². The molecule has 66 heavy (non-hydrogen) atoms. The van der Waals surface area contributed by atoms with Crippen molar-refractivity contribution in [3.63, 3.8) is 0 Å². The molecule has 0 aromatic carbocycles. The van der Waals surface area contributed by atoms with Crippen LogP contribution >= 0.6 is 0 Å². The van der Waals surface area contributed by atoms with Gasteiger partial charge in [0.1, 0.15) is 18.2 Å². The van der Waals surface area contributed by atoms with Crippen LogP contribution < -0.4 is 5.32 Å². The predicted octanol–water partition coefficient (Wildman–Crippen LogP) is 17.4. The molecule has 0 heterocycles. The Bertz CT molecular complexity index is 1120. The van der Waals surface area contributed by atoms with Gasteiger partial charge in [0.25, 0.3) is 0 Å². The molecule has 3 unspecified atom stereocenters. The van der Waals surface area contributed by atoms with E-state index in [0.717, 1.165) is 77.2 Å². The summed E-state index contributed by atoms with van der Waals surface area (Å²) in [5.74, 6) is -0.872. The van der Waals surface area contributed by atoms with Gasteiger partial charge < -0.3 is 19.7 Å². The summed E-state index contributed by atoms with van der Waals surface area (Å²) in [4.78, 5) is 42.8. The van der Waals surface area contributed by atoms with Gasteiger partial charge in [0.2, 0.25) is 5.91 Å². The number of allylic oxidation sites excluding steroid dienone is 4. The molecule has 7 heteroatoms. The number of amides is 1. The van der Waals surface area contributed by atoms with Crippen molar-refractivity contribution in [3.05, 3.63) is 24.3 Å². The Morgan fingerprint density at radius 1 is 0.409 bits per heavy atom. The number of esters is 2. The molecule has 0 aliphatic rings. The number of carbonyl (C=O) groups excluding carboxylic acids is 3. The number of rotatable bonds is 51. The van der Waals surface area contributed by atoms with Crippen molar-refractivity contribution in [2.45, 2.75) is 316 Å². The van der Waals surface area contributed by atoms with Crippen LogP contribution in [-0.4, -0.2) is 61.6 Å². The quantitative estimate of drug-likeness (QED) is 0.0372. The maximum absolute atomic E-state index is 14.0. The van der Waals surface area contributed by atoms with Crippen LogP contribution in [0, 0.1) is 0 Å². The van der Waals surface area contributed by atoms with E-state index in [-0.39, 0.29) is 36.9 Å². The van der Waals surface area contributed by atoms with Crippen LogP contribution in [0.25, 0.3) is 0 Å².